The van der Waals surface area contributed by atoms with Gasteiger partial charge in [0.05, 0.1) is 6.61 Å². The van der Waals surface area contributed by atoms with E-state index in [0.29, 0.717) is 30.4 Å². The summed E-state index contributed by atoms with van der Waals surface area (Å²) in [5.41, 5.74) is 6.69. The van der Waals surface area contributed by atoms with E-state index >= 15 is 0 Å². The summed E-state index contributed by atoms with van der Waals surface area (Å²) in [7, 11) is 1.68. The van der Waals surface area contributed by atoms with E-state index in [4.69, 9.17) is 10.5 Å². The van der Waals surface area contributed by atoms with Gasteiger partial charge in [0.25, 0.3) is 0 Å². The zero-order valence-electron chi connectivity index (χ0n) is 11.4. The summed E-state index contributed by atoms with van der Waals surface area (Å²) >= 11 is 0. The molecule has 0 aliphatic rings. The van der Waals surface area contributed by atoms with Crippen molar-refractivity contribution in [3.8, 4) is 0 Å². The monoisotopic (exact) mass is 254 g/mol. The van der Waals surface area contributed by atoms with Crippen molar-refractivity contribution in [1.29, 1.82) is 0 Å². The van der Waals surface area contributed by atoms with Gasteiger partial charge in [-0.3, -0.25) is 4.90 Å². The lowest BCUT2D eigenvalue weighted by molar-refractivity contribution is 0.117. The molecule has 102 valence electrons. The fourth-order valence-electron chi connectivity index (χ4n) is 1.83. The zero-order valence-corrected chi connectivity index (χ0v) is 11.4. The lowest BCUT2D eigenvalue weighted by atomic mass is 10.1. The SMILES string of the molecule is CCC(C)N(CCOC)Cc1ccc(N)cc1F. The van der Waals surface area contributed by atoms with Crippen molar-refractivity contribution in [2.24, 2.45) is 0 Å². The van der Waals surface area contributed by atoms with Gasteiger partial charge in [-0.1, -0.05) is 13.0 Å². The Morgan fingerprint density at radius 1 is 1.44 bits per heavy atom. The third-order valence-corrected chi connectivity index (χ3v) is 3.25. The molecular weight excluding hydrogens is 231 g/mol. The highest BCUT2D eigenvalue weighted by Gasteiger charge is 2.14. The molecule has 4 heteroatoms. The fraction of sp³-hybridized carbons (Fsp3) is 0.571. The van der Waals surface area contributed by atoms with E-state index in [1.165, 1.54) is 6.07 Å². The molecule has 2 N–H and O–H groups in total. The van der Waals surface area contributed by atoms with Gasteiger partial charge < -0.3 is 10.5 Å². The van der Waals surface area contributed by atoms with Gasteiger partial charge in [-0.25, -0.2) is 4.39 Å². The van der Waals surface area contributed by atoms with Crippen molar-refractivity contribution in [2.45, 2.75) is 32.9 Å². The second-order valence-electron chi connectivity index (χ2n) is 4.57. The normalized spacial score (nSPS) is 12.9. The number of nitrogens with zero attached hydrogens (tertiary/aromatic N) is 1. The van der Waals surface area contributed by atoms with Crippen molar-refractivity contribution in [2.75, 3.05) is 26.0 Å². The van der Waals surface area contributed by atoms with Crippen molar-refractivity contribution in [1.82, 2.24) is 4.90 Å². The van der Waals surface area contributed by atoms with E-state index in [1.807, 2.05) is 0 Å². The molecule has 1 rings (SSSR count). The second kappa shape index (κ2) is 7.34. The number of hydrogen-bond acceptors (Lipinski definition) is 3. The van der Waals surface area contributed by atoms with Crippen LogP contribution in [-0.2, 0) is 11.3 Å². The molecule has 0 radical (unpaired) electrons. The van der Waals surface area contributed by atoms with Crippen LogP contribution in [0.3, 0.4) is 0 Å². The molecule has 0 spiro atoms. The minimum absolute atomic E-state index is 0.235. The zero-order chi connectivity index (χ0) is 13.5. The van der Waals surface area contributed by atoms with Crippen LogP contribution in [-0.4, -0.2) is 31.2 Å². The molecule has 0 heterocycles. The molecule has 1 unspecified atom stereocenters. The van der Waals surface area contributed by atoms with Crippen LogP contribution in [0, 0.1) is 5.82 Å². The molecule has 1 aromatic carbocycles. The van der Waals surface area contributed by atoms with Crippen molar-refractivity contribution in [3.05, 3.63) is 29.6 Å². The summed E-state index contributed by atoms with van der Waals surface area (Å²) in [5, 5.41) is 0. The average molecular weight is 254 g/mol. The molecule has 1 aromatic rings. The molecule has 18 heavy (non-hydrogen) atoms. The Kier molecular flexibility index (Phi) is 6.09. The number of hydrogen-bond donors (Lipinski definition) is 1. The molecule has 0 amide bonds. The van der Waals surface area contributed by atoms with Gasteiger partial charge in [0.2, 0.25) is 0 Å². The van der Waals surface area contributed by atoms with Crippen LogP contribution in [0.15, 0.2) is 18.2 Å². The van der Waals surface area contributed by atoms with Crippen LogP contribution < -0.4 is 5.73 Å². The van der Waals surface area contributed by atoms with Crippen molar-refractivity contribution < 1.29 is 9.13 Å². The molecule has 0 aliphatic heterocycles. The standard InChI is InChI=1S/C14H23FN2O/c1-4-11(2)17(7-8-18-3)10-12-5-6-13(16)9-14(12)15/h5-6,9,11H,4,7-8,10,16H2,1-3H3. The molecule has 3 nitrogen and oxygen atoms in total. The lowest BCUT2D eigenvalue weighted by Gasteiger charge is -2.28. The maximum absolute atomic E-state index is 13.8. The fourth-order valence-corrected chi connectivity index (χ4v) is 1.83. The van der Waals surface area contributed by atoms with Crippen LogP contribution >= 0.6 is 0 Å². The number of methoxy groups -OCH3 is 1. The van der Waals surface area contributed by atoms with Gasteiger partial charge >= 0.3 is 0 Å². The highest BCUT2D eigenvalue weighted by molar-refractivity contribution is 5.40. The Balaban J connectivity index is 2.75. The van der Waals surface area contributed by atoms with Crippen LogP contribution in [0.1, 0.15) is 25.8 Å². The highest BCUT2D eigenvalue weighted by atomic mass is 19.1. The quantitative estimate of drug-likeness (QED) is 0.760. The molecule has 1 atom stereocenters. The summed E-state index contributed by atoms with van der Waals surface area (Å²) in [6.45, 7) is 6.31. The molecular formula is C14H23FN2O. The van der Waals surface area contributed by atoms with Crippen molar-refractivity contribution >= 4 is 5.69 Å². The van der Waals surface area contributed by atoms with Crippen molar-refractivity contribution in [3.63, 3.8) is 0 Å². The van der Waals surface area contributed by atoms with E-state index in [2.05, 4.69) is 18.7 Å². The van der Waals surface area contributed by atoms with E-state index in [-0.39, 0.29) is 5.82 Å². The molecule has 0 aromatic heterocycles. The van der Waals surface area contributed by atoms with E-state index in [9.17, 15) is 4.39 Å². The first-order chi connectivity index (χ1) is 8.58. The molecule has 0 saturated heterocycles. The second-order valence-corrected chi connectivity index (χ2v) is 4.57. The number of benzene rings is 1. The first-order valence-corrected chi connectivity index (χ1v) is 6.35. The molecule has 0 bridgehead atoms. The summed E-state index contributed by atoms with van der Waals surface area (Å²) in [6, 6.07) is 5.27. The Morgan fingerprint density at radius 3 is 2.72 bits per heavy atom. The summed E-state index contributed by atoms with van der Waals surface area (Å²) in [5.74, 6) is -0.235. The number of halogens is 1. The Hall–Kier alpha value is -1.13. The molecule has 0 fully saturated rings. The first kappa shape index (κ1) is 14.9. The predicted molar refractivity (Wildman–Crippen MR) is 72.9 cm³/mol. The van der Waals surface area contributed by atoms with Crippen LogP contribution in [0.4, 0.5) is 10.1 Å². The minimum atomic E-state index is -0.235. The number of anilines is 1. The van der Waals surface area contributed by atoms with Crippen LogP contribution in [0.2, 0.25) is 0 Å². The average Bonchev–Trinajstić information content (AvgIpc) is 2.36. The van der Waals surface area contributed by atoms with Crippen LogP contribution in [0.5, 0.6) is 0 Å². The van der Waals surface area contributed by atoms with Gasteiger partial charge in [0, 0.05) is 37.5 Å². The van der Waals surface area contributed by atoms with E-state index in [0.717, 1.165) is 13.0 Å². The van der Waals surface area contributed by atoms with Gasteiger partial charge in [-0.05, 0) is 25.5 Å². The maximum Gasteiger partial charge on any atom is 0.129 e. The van der Waals surface area contributed by atoms with Gasteiger partial charge in [-0.15, -0.1) is 0 Å². The minimum Gasteiger partial charge on any atom is -0.399 e. The highest BCUT2D eigenvalue weighted by Crippen LogP contribution is 2.16. The van der Waals surface area contributed by atoms with E-state index < -0.39 is 0 Å². The third kappa shape index (κ3) is 4.27. The Labute approximate surface area is 109 Å². The lowest BCUT2D eigenvalue weighted by Crippen LogP contribution is -2.35. The number of nitrogens with two attached hydrogens (primary N) is 1. The van der Waals surface area contributed by atoms with Crippen LogP contribution in [0.25, 0.3) is 0 Å². The largest absolute Gasteiger partial charge is 0.399 e. The van der Waals surface area contributed by atoms with Gasteiger partial charge in [0.1, 0.15) is 5.82 Å². The smallest absolute Gasteiger partial charge is 0.129 e. The number of rotatable bonds is 7. The third-order valence-electron chi connectivity index (χ3n) is 3.25. The number of ether oxygens (including phenoxy) is 1. The Morgan fingerprint density at radius 2 is 2.17 bits per heavy atom. The number of nitrogen functional groups attached to an aromatic ring is 1. The first-order valence-electron chi connectivity index (χ1n) is 6.35. The predicted octanol–water partition coefficient (Wildman–Crippen LogP) is 2.65. The topological polar surface area (TPSA) is 38.5 Å². The maximum atomic E-state index is 13.8. The van der Waals surface area contributed by atoms with Gasteiger partial charge in [0.15, 0.2) is 0 Å². The summed E-state index contributed by atoms with van der Waals surface area (Å²) in [4.78, 5) is 2.22. The van der Waals surface area contributed by atoms with E-state index in [1.54, 1.807) is 19.2 Å². The molecule has 0 saturated carbocycles. The summed E-state index contributed by atoms with van der Waals surface area (Å²) in [6.07, 6.45) is 1.03. The Bertz CT molecular complexity index is 371. The summed E-state index contributed by atoms with van der Waals surface area (Å²) < 4.78 is 18.9. The van der Waals surface area contributed by atoms with Gasteiger partial charge in [-0.2, -0.15) is 0 Å². The molecule has 0 aliphatic carbocycles.